The fourth-order valence-corrected chi connectivity index (χ4v) is 2.27. The summed E-state index contributed by atoms with van der Waals surface area (Å²) in [6.45, 7) is 1.67. The Balaban J connectivity index is 1.73. The molecule has 2 aromatic rings. The zero-order valence-corrected chi connectivity index (χ0v) is 12.0. The number of oxime groups is 1. The van der Waals surface area contributed by atoms with Gasteiger partial charge < -0.3 is 10.2 Å². The van der Waals surface area contributed by atoms with Crippen molar-refractivity contribution in [2.24, 2.45) is 5.16 Å². The van der Waals surface area contributed by atoms with Crippen LogP contribution in [-0.2, 0) is 9.63 Å². The Morgan fingerprint density at radius 1 is 1.23 bits per heavy atom. The van der Waals surface area contributed by atoms with Crippen LogP contribution in [0.25, 0.3) is 0 Å². The summed E-state index contributed by atoms with van der Waals surface area (Å²) in [6, 6.07) is 15.2. The van der Waals surface area contributed by atoms with Gasteiger partial charge in [-0.1, -0.05) is 35.5 Å². The summed E-state index contributed by atoms with van der Waals surface area (Å²) in [5.41, 5.74) is 0.773. The molecule has 0 fully saturated rings. The molecule has 2 aromatic carbocycles. The van der Waals surface area contributed by atoms with E-state index in [9.17, 15) is 9.18 Å². The summed E-state index contributed by atoms with van der Waals surface area (Å²) in [7, 11) is 0. The number of amides is 1. The van der Waals surface area contributed by atoms with Crippen LogP contribution in [0.1, 0.15) is 18.9 Å². The van der Waals surface area contributed by atoms with Crippen molar-refractivity contribution in [3.05, 3.63) is 66.0 Å². The van der Waals surface area contributed by atoms with Gasteiger partial charge in [-0.05, 0) is 31.2 Å². The van der Waals surface area contributed by atoms with E-state index in [2.05, 4.69) is 10.5 Å². The van der Waals surface area contributed by atoms with Gasteiger partial charge in [-0.15, -0.1) is 0 Å². The molecule has 1 heterocycles. The number of halogens is 1. The van der Waals surface area contributed by atoms with Crippen LogP contribution in [0.15, 0.2) is 59.8 Å². The SMILES string of the molecule is CC1(C(=O)Nc2ccccc2)CC(c2cccc(F)c2)=NO1. The summed E-state index contributed by atoms with van der Waals surface area (Å²) < 4.78 is 13.3. The lowest BCUT2D eigenvalue weighted by Crippen LogP contribution is -2.40. The van der Waals surface area contributed by atoms with Gasteiger partial charge in [0.05, 0.1) is 5.71 Å². The van der Waals surface area contributed by atoms with Gasteiger partial charge in [-0.2, -0.15) is 0 Å². The maximum atomic E-state index is 13.3. The molecule has 0 radical (unpaired) electrons. The molecule has 112 valence electrons. The minimum atomic E-state index is -1.10. The number of carbonyl (C=O) groups excluding carboxylic acids is 1. The van der Waals surface area contributed by atoms with E-state index in [1.54, 1.807) is 31.2 Å². The van der Waals surface area contributed by atoms with E-state index >= 15 is 0 Å². The second-order valence-electron chi connectivity index (χ2n) is 5.37. The highest BCUT2D eigenvalue weighted by Crippen LogP contribution is 2.28. The maximum Gasteiger partial charge on any atom is 0.271 e. The molecule has 1 N–H and O–H groups in total. The Morgan fingerprint density at radius 2 is 2.00 bits per heavy atom. The predicted octanol–water partition coefficient (Wildman–Crippen LogP) is 3.35. The Morgan fingerprint density at radius 3 is 2.73 bits per heavy atom. The largest absolute Gasteiger partial charge is 0.379 e. The Bertz CT molecular complexity index is 730. The van der Waals surface area contributed by atoms with Crippen molar-refractivity contribution in [3.8, 4) is 0 Å². The summed E-state index contributed by atoms with van der Waals surface area (Å²) in [5.74, 6) is -0.628. The molecule has 0 aromatic heterocycles. The Hall–Kier alpha value is -2.69. The van der Waals surface area contributed by atoms with Gasteiger partial charge in [0.2, 0.25) is 5.60 Å². The van der Waals surface area contributed by atoms with Crippen LogP contribution >= 0.6 is 0 Å². The number of rotatable bonds is 3. The molecular formula is C17H15FN2O2. The quantitative estimate of drug-likeness (QED) is 0.944. The van der Waals surface area contributed by atoms with Crippen molar-refractivity contribution in [2.75, 3.05) is 5.32 Å². The minimum absolute atomic E-state index is 0.283. The number of hydrogen-bond acceptors (Lipinski definition) is 3. The van der Waals surface area contributed by atoms with Gasteiger partial charge in [0, 0.05) is 17.7 Å². The van der Waals surface area contributed by atoms with E-state index in [4.69, 9.17) is 4.84 Å². The number of nitrogens with zero attached hydrogens (tertiary/aromatic N) is 1. The second-order valence-corrected chi connectivity index (χ2v) is 5.37. The van der Waals surface area contributed by atoms with Crippen LogP contribution in [0, 0.1) is 5.82 Å². The fourth-order valence-electron chi connectivity index (χ4n) is 2.27. The number of nitrogens with one attached hydrogen (secondary N) is 1. The average molecular weight is 298 g/mol. The normalized spacial score (nSPS) is 20.2. The van der Waals surface area contributed by atoms with Crippen LogP contribution < -0.4 is 5.32 Å². The van der Waals surface area contributed by atoms with Crippen molar-refractivity contribution in [1.82, 2.24) is 0 Å². The molecular weight excluding hydrogens is 283 g/mol. The number of carbonyl (C=O) groups is 1. The lowest BCUT2D eigenvalue weighted by atomic mass is 9.95. The zero-order chi connectivity index (χ0) is 15.6. The van der Waals surface area contributed by atoms with Gasteiger partial charge in [-0.25, -0.2) is 4.39 Å². The average Bonchev–Trinajstić information content (AvgIpc) is 2.92. The minimum Gasteiger partial charge on any atom is -0.379 e. The monoisotopic (exact) mass is 298 g/mol. The summed E-state index contributed by atoms with van der Waals surface area (Å²) >= 11 is 0. The highest BCUT2D eigenvalue weighted by atomic mass is 19.1. The molecule has 22 heavy (non-hydrogen) atoms. The molecule has 0 bridgehead atoms. The van der Waals surface area contributed by atoms with Gasteiger partial charge in [0.1, 0.15) is 5.82 Å². The van der Waals surface area contributed by atoms with E-state index < -0.39 is 5.60 Å². The van der Waals surface area contributed by atoms with Crippen molar-refractivity contribution < 1.29 is 14.0 Å². The van der Waals surface area contributed by atoms with Gasteiger partial charge >= 0.3 is 0 Å². The number of anilines is 1. The third-order valence-electron chi connectivity index (χ3n) is 3.53. The molecule has 0 saturated carbocycles. The molecule has 0 aliphatic carbocycles. The van der Waals surface area contributed by atoms with Gasteiger partial charge in [0.25, 0.3) is 5.91 Å². The first-order valence-electron chi connectivity index (χ1n) is 6.94. The van der Waals surface area contributed by atoms with Crippen molar-refractivity contribution >= 4 is 17.3 Å². The third-order valence-corrected chi connectivity index (χ3v) is 3.53. The zero-order valence-electron chi connectivity index (χ0n) is 12.0. The maximum absolute atomic E-state index is 13.3. The number of benzene rings is 2. The summed E-state index contributed by atoms with van der Waals surface area (Å²) in [4.78, 5) is 17.7. The lowest BCUT2D eigenvalue weighted by molar-refractivity contribution is -0.135. The highest BCUT2D eigenvalue weighted by molar-refractivity contribution is 6.07. The van der Waals surface area contributed by atoms with Crippen molar-refractivity contribution in [2.45, 2.75) is 18.9 Å². The molecule has 0 saturated heterocycles. The third kappa shape index (κ3) is 2.83. The Kier molecular flexibility index (Phi) is 3.63. The topological polar surface area (TPSA) is 50.7 Å². The number of para-hydroxylation sites is 1. The standard InChI is InChI=1S/C17H15FN2O2/c1-17(16(21)19-14-8-3-2-4-9-14)11-15(20-22-17)12-6-5-7-13(18)10-12/h2-10H,11H2,1H3,(H,19,21). The molecule has 1 amide bonds. The molecule has 0 spiro atoms. The Labute approximate surface area is 127 Å². The van der Waals surface area contributed by atoms with Crippen molar-refractivity contribution in [3.63, 3.8) is 0 Å². The summed E-state index contributed by atoms with van der Waals surface area (Å²) in [5, 5.41) is 6.75. The van der Waals surface area contributed by atoms with Crippen LogP contribution in [0.3, 0.4) is 0 Å². The van der Waals surface area contributed by atoms with E-state index in [0.717, 1.165) is 0 Å². The van der Waals surface area contributed by atoms with Gasteiger partial charge in [-0.3, -0.25) is 4.79 Å². The van der Waals surface area contributed by atoms with Crippen LogP contribution in [0.5, 0.6) is 0 Å². The first-order chi connectivity index (χ1) is 10.6. The second kappa shape index (κ2) is 5.60. The highest BCUT2D eigenvalue weighted by Gasteiger charge is 2.42. The first kappa shape index (κ1) is 14.3. The van der Waals surface area contributed by atoms with E-state index in [-0.39, 0.29) is 18.1 Å². The van der Waals surface area contributed by atoms with Gasteiger partial charge in [0.15, 0.2) is 0 Å². The smallest absolute Gasteiger partial charge is 0.271 e. The van der Waals surface area contributed by atoms with E-state index in [0.29, 0.717) is 17.0 Å². The molecule has 5 heteroatoms. The van der Waals surface area contributed by atoms with E-state index in [1.165, 1.54) is 12.1 Å². The van der Waals surface area contributed by atoms with Crippen LogP contribution in [0.2, 0.25) is 0 Å². The summed E-state index contributed by atoms with van der Waals surface area (Å²) in [6.07, 6.45) is 0.287. The molecule has 4 nitrogen and oxygen atoms in total. The molecule has 1 atom stereocenters. The molecule has 1 unspecified atom stereocenters. The fraction of sp³-hybridized carbons (Fsp3) is 0.176. The predicted molar refractivity (Wildman–Crippen MR) is 82.1 cm³/mol. The molecule has 3 rings (SSSR count). The number of hydrogen-bond donors (Lipinski definition) is 1. The van der Waals surface area contributed by atoms with Crippen LogP contribution in [0.4, 0.5) is 10.1 Å². The molecule has 1 aliphatic heterocycles. The van der Waals surface area contributed by atoms with Crippen molar-refractivity contribution in [1.29, 1.82) is 0 Å². The first-order valence-corrected chi connectivity index (χ1v) is 6.94. The van der Waals surface area contributed by atoms with Crippen LogP contribution in [-0.4, -0.2) is 17.2 Å². The van der Waals surface area contributed by atoms with E-state index in [1.807, 2.05) is 18.2 Å². The molecule has 1 aliphatic rings. The lowest BCUT2D eigenvalue weighted by Gasteiger charge is -2.20.